The SMILES string of the molecule is FC(F)(F)c1nccc(OCc2cn(-c3ccc(Cl)cc3)nn2)n1. The summed E-state index contributed by atoms with van der Waals surface area (Å²) >= 11 is 5.81. The summed E-state index contributed by atoms with van der Waals surface area (Å²) in [6, 6.07) is 8.14. The van der Waals surface area contributed by atoms with Crippen molar-refractivity contribution in [1.82, 2.24) is 25.0 Å². The zero-order valence-electron chi connectivity index (χ0n) is 11.9. The summed E-state index contributed by atoms with van der Waals surface area (Å²) in [7, 11) is 0. The summed E-state index contributed by atoms with van der Waals surface area (Å²) in [5, 5.41) is 8.40. The van der Waals surface area contributed by atoms with Gasteiger partial charge < -0.3 is 4.74 Å². The van der Waals surface area contributed by atoms with Gasteiger partial charge in [0.2, 0.25) is 11.7 Å². The number of rotatable bonds is 4. The van der Waals surface area contributed by atoms with Crippen molar-refractivity contribution in [1.29, 1.82) is 0 Å². The molecule has 0 unspecified atom stereocenters. The zero-order valence-corrected chi connectivity index (χ0v) is 12.7. The molecular weight excluding hydrogens is 347 g/mol. The molecular formula is C14H9ClF3N5O. The molecule has 24 heavy (non-hydrogen) atoms. The lowest BCUT2D eigenvalue weighted by molar-refractivity contribution is -0.145. The fraction of sp³-hybridized carbons (Fsp3) is 0.143. The van der Waals surface area contributed by atoms with Crippen LogP contribution in [0.3, 0.4) is 0 Å². The summed E-state index contributed by atoms with van der Waals surface area (Å²) in [4.78, 5) is 6.46. The number of halogens is 4. The van der Waals surface area contributed by atoms with Crippen LogP contribution < -0.4 is 4.74 Å². The Morgan fingerprint density at radius 1 is 1.12 bits per heavy atom. The van der Waals surface area contributed by atoms with Crippen LogP contribution in [0.2, 0.25) is 5.02 Å². The highest BCUT2D eigenvalue weighted by Gasteiger charge is 2.34. The van der Waals surface area contributed by atoms with E-state index in [0.29, 0.717) is 10.7 Å². The zero-order chi connectivity index (χ0) is 17.2. The molecule has 0 aliphatic rings. The Morgan fingerprint density at radius 3 is 2.58 bits per heavy atom. The normalized spacial score (nSPS) is 11.5. The summed E-state index contributed by atoms with van der Waals surface area (Å²) < 4.78 is 44.3. The van der Waals surface area contributed by atoms with Crippen molar-refractivity contribution in [2.45, 2.75) is 12.8 Å². The average molecular weight is 356 g/mol. The highest BCUT2D eigenvalue weighted by molar-refractivity contribution is 6.30. The monoisotopic (exact) mass is 355 g/mol. The van der Waals surface area contributed by atoms with Crippen LogP contribution in [0.4, 0.5) is 13.2 Å². The number of nitrogens with zero attached hydrogens (tertiary/aromatic N) is 5. The molecule has 2 heterocycles. The van der Waals surface area contributed by atoms with Crippen LogP contribution in [0.15, 0.2) is 42.7 Å². The molecule has 0 N–H and O–H groups in total. The van der Waals surface area contributed by atoms with Gasteiger partial charge in [0.25, 0.3) is 0 Å². The topological polar surface area (TPSA) is 65.7 Å². The number of ether oxygens (including phenoxy) is 1. The number of aromatic nitrogens is 5. The third kappa shape index (κ3) is 3.80. The van der Waals surface area contributed by atoms with E-state index >= 15 is 0 Å². The molecule has 0 atom stereocenters. The Labute approximate surface area is 138 Å². The first-order valence-electron chi connectivity index (χ1n) is 6.62. The maximum absolute atomic E-state index is 12.5. The minimum Gasteiger partial charge on any atom is -0.471 e. The number of hydrogen-bond acceptors (Lipinski definition) is 5. The van der Waals surface area contributed by atoms with Gasteiger partial charge in [-0.3, -0.25) is 0 Å². The van der Waals surface area contributed by atoms with E-state index in [-0.39, 0.29) is 12.5 Å². The van der Waals surface area contributed by atoms with Gasteiger partial charge in [-0.15, -0.1) is 5.10 Å². The van der Waals surface area contributed by atoms with Crippen LogP contribution in [0, 0.1) is 0 Å². The molecule has 0 aliphatic carbocycles. The maximum Gasteiger partial charge on any atom is 0.451 e. The van der Waals surface area contributed by atoms with Crippen molar-refractivity contribution in [3.8, 4) is 11.6 Å². The fourth-order valence-electron chi connectivity index (χ4n) is 1.79. The Hall–Kier alpha value is -2.68. The summed E-state index contributed by atoms with van der Waals surface area (Å²) in [6.07, 6.45) is -2.05. The van der Waals surface area contributed by atoms with Gasteiger partial charge >= 0.3 is 6.18 Å². The minimum absolute atomic E-state index is 0.0814. The predicted molar refractivity (Wildman–Crippen MR) is 77.7 cm³/mol. The highest BCUT2D eigenvalue weighted by Crippen LogP contribution is 2.26. The second kappa shape index (κ2) is 6.44. The van der Waals surface area contributed by atoms with E-state index in [0.717, 1.165) is 11.9 Å². The minimum atomic E-state index is -4.63. The lowest BCUT2D eigenvalue weighted by Crippen LogP contribution is -2.11. The molecule has 0 aliphatic heterocycles. The van der Waals surface area contributed by atoms with Crippen LogP contribution in [-0.2, 0) is 12.8 Å². The Balaban J connectivity index is 1.69. The summed E-state index contributed by atoms with van der Waals surface area (Å²) in [6.45, 7) is -0.0814. The van der Waals surface area contributed by atoms with Crippen molar-refractivity contribution in [2.24, 2.45) is 0 Å². The molecule has 0 fully saturated rings. The van der Waals surface area contributed by atoms with E-state index in [1.54, 1.807) is 30.5 Å². The predicted octanol–water partition coefficient (Wildman–Crippen LogP) is 3.31. The quantitative estimate of drug-likeness (QED) is 0.718. The van der Waals surface area contributed by atoms with E-state index < -0.39 is 12.0 Å². The summed E-state index contributed by atoms with van der Waals surface area (Å²) in [5.41, 5.74) is 1.16. The lowest BCUT2D eigenvalue weighted by atomic mass is 10.3. The van der Waals surface area contributed by atoms with Crippen LogP contribution in [0.5, 0.6) is 5.88 Å². The standard InChI is InChI=1S/C14H9ClF3N5O/c15-9-1-3-11(4-2-9)23-7-10(21-22-23)8-24-12-5-6-19-13(20-12)14(16,17)18/h1-7H,8H2. The molecule has 10 heteroatoms. The van der Waals surface area contributed by atoms with Crippen molar-refractivity contribution < 1.29 is 17.9 Å². The third-order valence-electron chi connectivity index (χ3n) is 2.88. The molecule has 0 saturated carbocycles. The second-order valence-electron chi connectivity index (χ2n) is 4.64. The maximum atomic E-state index is 12.5. The smallest absolute Gasteiger partial charge is 0.451 e. The third-order valence-corrected chi connectivity index (χ3v) is 3.14. The first-order chi connectivity index (χ1) is 11.4. The van der Waals surface area contributed by atoms with E-state index in [1.165, 1.54) is 10.7 Å². The van der Waals surface area contributed by atoms with E-state index in [4.69, 9.17) is 16.3 Å². The van der Waals surface area contributed by atoms with Crippen molar-refractivity contribution in [3.63, 3.8) is 0 Å². The molecule has 3 rings (SSSR count). The molecule has 6 nitrogen and oxygen atoms in total. The van der Waals surface area contributed by atoms with E-state index in [9.17, 15) is 13.2 Å². The molecule has 3 aromatic rings. The second-order valence-corrected chi connectivity index (χ2v) is 5.07. The van der Waals surface area contributed by atoms with Crippen molar-refractivity contribution in [3.05, 3.63) is 59.3 Å². The van der Waals surface area contributed by atoms with Gasteiger partial charge in [0.1, 0.15) is 12.3 Å². The summed E-state index contributed by atoms with van der Waals surface area (Å²) in [5.74, 6) is -1.46. The van der Waals surface area contributed by atoms with Crippen LogP contribution >= 0.6 is 11.6 Å². The van der Waals surface area contributed by atoms with E-state index in [1.807, 2.05) is 0 Å². The molecule has 0 spiro atoms. The van der Waals surface area contributed by atoms with E-state index in [2.05, 4.69) is 20.3 Å². The molecule has 0 saturated heterocycles. The van der Waals surface area contributed by atoms with Crippen LogP contribution in [-0.4, -0.2) is 25.0 Å². The lowest BCUT2D eigenvalue weighted by Gasteiger charge is -2.06. The average Bonchev–Trinajstić information content (AvgIpc) is 3.02. The Morgan fingerprint density at radius 2 is 1.88 bits per heavy atom. The van der Waals surface area contributed by atoms with Gasteiger partial charge in [-0.1, -0.05) is 16.8 Å². The first kappa shape index (κ1) is 16.2. The molecule has 0 amide bonds. The molecule has 0 bridgehead atoms. The van der Waals surface area contributed by atoms with Crippen LogP contribution in [0.25, 0.3) is 5.69 Å². The number of alkyl halides is 3. The molecule has 0 radical (unpaired) electrons. The molecule has 124 valence electrons. The molecule has 1 aromatic carbocycles. The van der Waals surface area contributed by atoms with Gasteiger partial charge in [-0.25, -0.2) is 9.67 Å². The Bertz CT molecular complexity index is 835. The highest BCUT2D eigenvalue weighted by atomic mass is 35.5. The molecule has 2 aromatic heterocycles. The van der Waals surface area contributed by atoms with Gasteiger partial charge in [-0.2, -0.15) is 18.2 Å². The van der Waals surface area contributed by atoms with Crippen molar-refractivity contribution in [2.75, 3.05) is 0 Å². The van der Waals surface area contributed by atoms with Gasteiger partial charge in [0, 0.05) is 17.3 Å². The van der Waals surface area contributed by atoms with Gasteiger partial charge in [0.05, 0.1) is 11.9 Å². The number of benzene rings is 1. The Kier molecular flexibility index (Phi) is 4.34. The number of hydrogen-bond donors (Lipinski definition) is 0. The first-order valence-corrected chi connectivity index (χ1v) is 7.00. The fourth-order valence-corrected chi connectivity index (χ4v) is 1.92. The largest absolute Gasteiger partial charge is 0.471 e. The van der Waals surface area contributed by atoms with Gasteiger partial charge in [0.15, 0.2) is 0 Å². The van der Waals surface area contributed by atoms with Gasteiger partial charge in [-0.05, 0) is 24.3 Å². The van der Waals surface area contributed by atoms with Crippen molar-refractivity contribution >= 4 is 11.6 Å². The van der Waals surface area contributed by atoms with Crippen LogP contribution in [0.1, 0.15) is 11.5 Å².